The van der Waals surface area contributed by atoms with Gasteiger partial charge in [-0.3, -0.25) is 0 Å². The van der Waals surface area contributed by atoms with E-state index in [4.69, 9.17) is 15.7 Å². The lowest BCUT2D eigenvalue weighted by Crippen LogP contribution is -2.49. The number of ether oxygens (including phenoxy) is 1. The summed E-state index contributed by atoms with van der Waals surface area (Å²) < 4.78 is 5.58. The largest absolute Gasteiger partial charge is 0.409 e. The van der Waals surface area contributed by atoms with Crippen LogP contribution >= 0.6 is 0 Å². The maximum Gasteiger partial charge on any atom is 0.173 e. The molecule has 1 aromatic rings. The average molecular weight is 266 g/mol. The molecule has 7 heteroatoms. The topological polar surface area (TPSA) is 104 Å². The summed E-state index contributed by atoms with van der Waals surface area (Å²) in [5.41, 5.74) is 6.22. The fourth-order valence-corrected chi connectivity index (χ4v) is 2.22. The van der Waals surface area contributed by atoms with Gasteiger partial charge in [0.15, 0.2) is 5.84 Å². The molecule has 0 bridgehead atoms. The Morgan fingerprint density at radius 1 is 1.63 bits per heavy atom. The molecule has 1 fully saturated rings. The van der Waals surface area contributed by atoms with Gasteiger partial charge in [0.05, 0.1) is 24.4 Å². The van der Waals surface area contributed by atoms with Gasteiger partial charge < -0.3 is 25.7 Å². The van der Waals surface area contributed by atoms with Crippen molar-refractivity contribution in [1.82, 2.24) is 4.98 Å². The quantitative estimate of drug-likeness (QED) is 0.302. The van der Waals surface area contributed by atoms with Crippen molar-refractivity contribution in [3.63, 3.8) is 0 Å². The van der Waals surface area contributed by atoms with Crippen molar-refractivity contribution in [1.29, 1.82) is 0 Å². The molecule has 1 saturated heterocycles. The van der Waals surface area contributed by atoms with E-state index >= 15 is 0 Å². The zero-order chi connectivity index (χ0) is 13.8. The third-order valence-electron chi connectivity index (χ3n) is 3.00. The SMILES string of the molecule is CC1CN(c2ncccc2/C(N)=N/O)CC(CO)O1. The fraction of sp³-hybridized carbons (Fsp3) is 0.500. The number of anilines is 1. The van der Waals surface area contributed by atoms with Crippen molar-refractivity contribution in [2.75, 3.05) is 24.6 Å². The Balaban J connectivity index is 2.30. The Kier molecular flexibility index (Phi) is 4.18. The van der Waals surface area contributed by atoms with Gasteiger partial charge in [0, 0.05) is 19.3 Å². The highest BCUT2D eigenvalue weighted by Gasteiger charge is 2.27. The Bertz CT molecular complexity index is 466. The van der Waals surface area contributed by atoms with E-state index in [1.807, 2.05) is 11.8 Å². The summed E-state index contributed by atoms with van der Waals surface area (Å²) in [4.78, 5) is 6.27. The molecule has 0 radical (unpaired) electrons. The van der Waals surface area contributed by atoms with Gasteiger partial charge in [-0.25, -0.2) is 4.98 Å². The third kappa shape index (κ3) is 2.94. The highest BCUT2D eigenvalue weighted by Crippen LogP contribution is 2.21. The summed E-state index contributed by atoms with van der Waals surface area (Å²) in [6, 6.07) is 3.47. The number of rotatable bonds is 3. The zero-order valence-electron chi connectivity index (χ0n) is 10.7. The van der Waals surface area contributed by atoms with Gasteiger partial charge >= 0.3 is 0 Å². The second kappa shape index (κ2) is 5.85. The third-order valence-corrected chi connectivity index (χ3v) is 3.00. The van der Waals surface area contributed by atoms with Gasteiger partial charge in [-0.05, 0) is 19.1 Å². The highest BCUT2D eigenvalue weighted by molar-refractivity contribution is 6.01. The summed E-state index contributed by atoms with van der Waals surface area (Å²) >= 11 is 0. The molecule has 0 spiro atoms. The van der Waals surface area contributed by atoms with E-state index < -0.39 is 0 Å². The first kappa shape index (κ1) is 13.6. The molecule has 2 rings (SSSR count). The number of amidine groups is 1. The minimum absolute atomic E-state index is 0.0165. The lowest BCUT2D eigenvalue weighted by atomic mass is 10.1. The maximum absolute atomic E-state index is 9.24. The second-order valence-electron chi connectivity index (χ2n) is 4.52. The Morgan fingerprint density at radius 3 is 3.11 bits per heavy atom. The molecule has 2 heterocycles. The number of aliphatic hydroxyl groups excluding tert-OH is 1. The summed E-state index contributed by atoms with van der Waals surface area (Å²) in [6.45, 7) is 3.04. The monoisotopic (exact) mass is 266 g/mol. The Labute approximate surface area is 111 Å². The first-order valence-corrected chi connectivity index (χ1v) is 6.10. The van der Waals surface area contributed by atoms with E-state index in [9.17, 15) is 5.11 Å². The van der Waals surface area contributed by atoms with Gasteiger partial charge in [-0.1, -0.05) is 5.16 Å². The molecule has 1 aromatic heterocycles. The molecule has 0 aliphatic carbocycles. The maximum atomic E-state index is 9.24. The van der Waals surface area contributed by atoms with Crippen LogP contribution in [0.1, 0.15) is 12.5 Å². The van der Waals surface area contributed by atoms with Crippen LogP contribution in [0.5, 0.6) is 0 Å². The van der Waals surface area contributed by atoms with E-state index in [-0.39, 0.29) is 24.7 Å². The second-order valence-corrected chi connectivity index (χ2v) is 4.52. The van der Waals surface area contributed by atoms with Crippen LogP contribution in [0.3, 0.4) is 0 Å². The van der Waals surface area contributed by atoms with Crippen LogP contribution in [0.25, 0.3) is 0 Å². The van der Waals surface area contributed by atoms with Crippen LogP contribution in [0.15, 0.2) is 23.5 Å². The fourth-order valence-electron chi connectivity index (χ4n) is 2.22. The van der Waals surface area contributed by atoms with E-state index in [1.165, 1.54) is 0 Å². The van der Waals surface area contributed by atoms with Crippen LogP contribution in [-0.2, 0) is 4.74 Å². The molecule has 0 amide bonds. The van der Waals surface area contributed by atoms with Crippen molar-refractivity contribution < 1.29 is 15.1 Å². The van der Waals surface area contributed by atoms with Gasteiger partial charge in [0.1, 0.15) is 5.82 Å². The molecule has 0 saturated carbocycles. The molecule has 104 valence electrons. The van der Waals surface area contributed by atoms with Gasteiger partial charge in [-0.15, -0.1) is 0 Å². The number of hydrogen-bond donors (Lipinski definition) is 3. The lowest BCUT2D eigenvalue weighted by molar-refractivity contribution is -0.0423. The van der Waals surface area contributed by atoms with Crippen molar-refractivity contribution in [3.05, 3.63) is 23.9 Å². The number of morpholine rings is 1. The normalized spacial score (nSPS) is 24.5. The average Bonchev–Trinajstić information content (AvgIpc) is 2.45. The van der Waals surface area contributed by atoms with E-state index in [0.29, 0.717) is 24.5 Å². The molecule has 2 atom stereocenters. The minimum atomic E-state index is -0.258. The highest BCUT2D eigenvalue weighted by atomic mass is 16.5. The van der Waals surface area contributed by atoms with Crippen molar-refractivity contribution in [3.8, 4) is 0 Å². The Hall–Kier alpha value is -1.86. The number of nitrogens with zero attached hydrogens (tertiary/aromatic N) is 3. The molecule has 4 N–H and O–H groups in total. The number of aliphatic hydroxyl groups is 1. The standard InChI is InChI=1S/C12H18N4O3/c1-8-5-16(6-9(7-17)19-8)12-10(11(13)15-18)3-2-4-14-12/h2-4,8-9,17-18H,5-7H2,1H3,(H2,13,15). The van der Waals surface area contributed by atoms with Crippen LogP contribution in [0, 0.1) is 0 Å². The molecule has 1 aliphatic heterocycles. The van der Waals surface area contributed by atoms with Crippen molar-refractivity contribution >= 4 is 11.7 Å². The molecule has 0 aromatic carbocycles. The number of nitrogens with two attached hydrogens (primary N) is 1. The first-order valence-electron chi connectivity index (χ1n) is 6.10. The summed E-state index contributed by atoms with van der Waals surface area (Å²) in [7, 11) is 0. The summed E-state index contributed by atoms with van der Waals surface area (Å²) in [5, 5.41) is 21.1. The van der Waals surface area contributed by atoms with E-state index in [1.54, 1.807) is 18.3 Å². The first-order chi connectivity index (χ1) is 9.15. The van der Waals surface area contributed by atoms with Crippen LogP contribution in [-0.4, -0.2) is 53.0 Å². The van der Waals surface area contributed by atoms with Gasteiger partial charge in [0.25, 0.3) is 0 Å². The molecule has 2 unspecified atom stereocenters. The number of aromatic nitrogens is 1. The number of oxime groups is 1. The van der Waals surface area contributed by atoms with Crippen LogP contribution in [0.4, 0.5) is 5.82 Å². The molecule has 19 heavy (non-hydrogen) atoms. The lowest BCUT2D eigenvalue weighted by Gasteiger charge is -2.37. The predicted molar refractivity (Wildman–Crippen MR) is 70.4 cm³/mol. The molecule has 1 aliphatic rings. The van der Waals surface area contributed by atoms with Crippen molar-refractivity contribution in [2.24, 2.45) is 10.9 Å². The number of pyridine rings is 1. The molecular weight excluding hydrogens is 248 g/mol. The van der Waals surface area contributed by atoms with Crippen molar-refractivity contribution in [2.45, 2.75) is 19.1 Å². The van der Waals surface area contributed by atoms with Gasteiger partial charge in [0.2, 0.25) is 0 Å². The summed E-state index contributed by atoms with van der Waals surface area (Å²) in [6.07, 6.45) is 1.37. The van der Waals surface area contributed by atoms with E-state index in [0.717, 1.165) is 0 Å². The number of hydrogen-bond acceptors (Lipinski definition) is 6. The van der Waals surface area contributed by atoms with Crippen LogP contribution in [0.2, 0.25) is 0 Å². The minimum Gasteiger partial charge on any atom is -0.409 e. The zero-order valence-corrected chi connectivity index (χ0v) is 10.7. The molecule has 7 nitrogen and oxygen atoms in total. The summed E-state index contributed by atoms with van der Waals surface area (Å²) in [5.74, 6) is 0.647. The smallest absolute Gasteiger partial charge is 0.173 e. The molecular formula is C12H18N4O3. The van der Waals surface area contributed by atoms with E-state index in [2.05, 4.69) is 10.1 Å². The van der Waals surface area contributed by atoms with Gasteiger partial charge in [-0.2, -0.15) is 0 Å². The Morgan fingerprint density at radius 2 is 2.42 bits per heavy atom. The predicted octanol–water partition coefficient (Wildman–Crippen LogP) is -0.238. The van der Waals surface area contributed by atoms with Crippen LogP contribution < -0.4 is 10.6 Å².